The summed E-state index contributed by atoms with van der Waals surface area (Å²) in [5.74, 6) is 0.0428. The molecule has 0 aliphatic carbocycles. The zero-order valence-electron chi connectivity index (χ0n) is 11.1. The van der Waals surface area contributed by atoms with E-state index in [1.54, 1.807) is 4.90 Å². The molecule has 0 spiro atoms. The number of benzene rings is 1. The van der Waals surface area contributed by atoms with Crippen LogP contribution in [0.15, 0.2) is 30.5 Å². The highest BCUT2D eigenvalue weighted by Crippen LogP contribution is 2.21. The highest BCUT2D eigenvalue weighted by atomic mass is 35.5. The van der Waals surface area contributed by atoms with Gasteiger partial charge in [0.2, 0.25) is 5.91 Å². The molecule has 1 saturated heterocycles. The maximum atomic E-state index is 12.3. The summed E-state index contributed by atoms with van der Waals surface area (Å²) in [4.78, 5) is 14.0. The van der Waals surface area contributed by atoms with E-state index >= 15 is 0 Å². The first-order valence-corrected chi connectivity index (χ1v) is 7.21. The van der Waals surface area contributed by atoms with E-state index in [0.29, 0.717) is 11.6 Å². The minimum atomic E-state index is -0.386. The zero-order valence-corrected chi connectivity index (χ0v) is 11.9. The molecule has 1 aliphatic rings. The fourth-order valence-corrected chi connectivity index (χ4v) is 2.89. The van der Waals surface area contributed by atoms with Gasteiger partial charge in [-0.05, 0) is 36.4 Å². The van der Waals surface area contributed by atoms with E-state index in [2.05, 4.69) is 0 Å². The third-order valence-corrected chi connectivity index (χ3v) is 4.03. The molecular weight excluding hydrogens is 276 g/mol. The Morgan fingerprint density at radius 3 is 3.05 bits per heavy atom. The number of hydrogen-bond acceptors (Lipinski definition) is 2. The first-order chi connectivity index (χ1) is 9.63. The summed E-state index contributed by atoms with van der Waals surface area (Å²) in [5.41, 5.74) is 0.961. The highest BCUT2D eigenvalue weighted by molar-refractivity contribution is 6.31. The Morgan fingerprint density at radius 1 is 1.40 bits per heavy atom. The normalized spacial score (nSPS) is 19.5. The Kier molecular flexibility index (Phi) is 3.68. The Morgan fingerprint density at radius 2 is 2.25 bits per heavy atom. The number of likely N-dealkylation sites (tertiary alicyclic amines) is 1. The van der Waals surface area contributed by atoms with Gasteiger partial charge in [0.25, 0.3) is 0 Å². The fraction of sp³-hybridized carbons (Fsp3) is 0.400. The maximum Gasteiger partial charge on any atom is 0.242 e. The number of carbonyl (C=O) groups excluding carboxylic acids is 1. The Hall–Kier alpha value is -1.52. The smallest absolute Gasteiger partial charge is 0.242 e. The van der Waals surface area contributed by atoms with Crippen LogP contribution in [0.5, 0.6) is 0 Å². The lowest BCUT2D eigenvalue weighted by molar-refractivity contribution is -0.134. The molecule has 4 nitrogen and oxygen atoms in total. The predicted molar refractivity (Wildman–Crippen MR) is 78.8 cm³/mol. The number of fused-ring (bicyclic) bond motifs is 1. The molecule has 1 aromatic carbocycles. The minimum Gasteiger partial charge on any atom is -0.391 e. The first-order valence-electron chi connectivity index (χ1n) is 6.84. The summed E-state index contributed by atoms with van der Waals surface area (Å²) < 4.78 is 1.91. The second-order valence-electron chi connectivity index (χ2n) is 5.28. The van der Waals surface area contributed by atoms with Crippen LogP contribution in [0.4, 0.5) is 0 Å². The van der Waals surface area contributed by atoms with Crippen LogP contribution >= 0.6 is 11.6 Å². The molecule has 1 atom stereocenters. The topological polar surface area (TPSA) is 45.5 Å². The summed E-state index contributed by atoms with van der Waals surface area (Å²) >= 11 is 6.01. The molecule has 2 heterocycles. The van der Waals surface area contributed by atoms with Crippen LogP contribution in [0, 0.1) is 0 Å². The van der Waals surface area contributed by atoms with Gasteiger partial charge in [-0.3, -0.25) is 4.79 Å². The lowest BCUT2D eigenvalue weighted by Gasteiger charge is -2.30. The number of amides is 1. The van der Waals surface area contributed by atoms with Gasteiger partial charge in [0.1, 0.15) is 6.54 Å². The number of aliphatic hydroxyl groups excluding tert-OH is 1. The standard InChI is InChI=1S/C15H17ClN2O2/c16-12-4-3-11-5-7-17(14(11)8-12)10-15(20)18-6-1-2-13(19)9-18/h3-5,7-8,13,19H,1-2,6,9-10H2. The van der Waals surface area contributed by atoms with Crippen molar-refractivity contribution in [1.82, 2.24) is 9.47 Å². The molecule has 20 heavy (non-hydrogen) atoms. The SMILES string of the molecule is O=C(Cn1ccc2ccc(Cl)cc21)N1CCCC(O)C1. The van der Waals surface area contributed by atoms with Gasteiger partial charge >= 0.3 is 0 Å². The monoisotopic (exact) mass is 292 g/mol. The number of nitrogens with zero attached hydrogens (tertiary/aromatic N) is 2. The van der Waals surface area contributed by atoms with Gasteiger partial charge in [-0.1, -0.05) is 17.7 Å². The second kappa shape index (κ2) is 5.46. The summed E-state index contributed by atoms with van der Waals surface area (Å²) in [6.45, 7) is 1.46. The van der Waals surface area contributed by atoms with E-state index in [0.717, 1.165) is 30.3 Å². The van der Waals surface area contributed by atoms with Crippen molar-refractivity contribution >= 4 is 28.4 Å². The number of carbonyl (C=O) groups is 1. The van der Waals surface area contributed by atoms with Crippen LogP contribution < -0.4 is 0 Å². The molecule has 2 aromatic rings. The number of piperidine rings is 1. The van der Waals surface area contributed by atoms with Gasteiger partial charge in [-0.15, -0.1) is 0 Å². The van der Waals surface area contributed by atoms with Crippen molar-refractivity contribution in [3.63, 3.8) is 0 Å². The lowest BCUT2D eigenvalue weighted by Crippen LogP contribution is -2.43. The number of halogens is 1. The van der Waals surface area contributed by atoms with Crippen LogP contribution in [0.2, 0.25) is 5.02 Å². The van der Waals surface area contributed by atoms with Crippen molar-refractivity contribution in [2.75, 3.05) is 13.1 Å². The average Bonchev–Trinajstić information content (AvgIpc) is 2.81. The largest absolute Gasteiger partial charge is 0.391 e. The van der Waals surface area contributed by atoms with E-state index in [4.69, 9.17) is 11.6 Å². The highest BCUT2D eigenvalue weighted by Gasteiger charge is 2.22. The van der Waals surface area contributed by atoms with Crippen molar-refractivity contribution in [2.24, 2.45) is 0 Å². The third kappa shape index (κ3) is 2.67. The maximum absolute atomic E-state index is 12.3. The average molecular weight is 293 g/mol. The summed E-state index contributed by atoms with van der Waals surface area (Å²) in [7, 11) is 0. The fourth-order valence-electron chi connectivity index (χ4n) is 2.72. The number of aromatic nitrogens is 1. The van der Waals surface area contributed by atoms with Gasteiger partial charge in [-0.25, -0.2) is 0 Å². The van der Waals surface area contributed by atoms with Gasteiger partial charge < -0.3 is 14.6 Å². The molecule has 1 fully saturated rings. The number of hydrogen-bond donors (Lipinski definition) is 1. The van der Waals surface area contributed by atoms with Crippen molar-refractivity contribution < 1.29 is 9.90 Å². The van der Waals surface area contributed by atoms with Crippen molar-refractivity contribution in [3.8, 4) is 0 Å². The van der Waals surface area contributed by atoms with E-state index < -0.39 is 0 Å². The van der Waals surface area contributed by atoms with Gasteiger partial charge in [0.05, 0.1) is 6.10 Å². The van der Waals surface area contributed by atoms with Gasteiger partial charge in [-0.2, -0.15) is 0 Å². The van der Waals surface area contributed by atoms with E-state index in [9.17, 15) is 9.90 Å². The molecule has 106 valence electrons. The first kappa shape index (κ1) is 13.5. The molecule has 0 radical (unpaired) electrons. The number of aliphatic hydroxyl groups is 1. The second-order valence-corrected chi connectivity index (χ2v) is 5.72. The Labute approximate surface area is 122 Å². The number of β-amino-alcohol motifs (C(OH)–C–C–N with tert-alkyl or cyclic N) is 1. The predicted octanol–water partition coefficient (Wildman–Crippen LogP) is 2.28. The summed E-state index contributed by atoms with van der Waals surface area (Å²) in [5, 5.41) is 11.4. The molecule has 3 rings (SSSR count). The summed E-state index contributed by atoms with van der Waals surface area (Å²) in [6, 6.07) is 7.64. The third-order valence-electron chi connectivity index (χ3n) is 3.79. The summed E-state index contributed by atoms with van der Waals surface area (Å²) in [6.07, 6.45) is 3.17. The van der Waals surface area contributed by atoms with E-state index in [1.165, 1.54) is 0 Å². The van der Waals surface area contributed by atoms with Crippen molar-refractivity contribution in [3.05, 3.63) is 35.5 Å². The van der Waals surface area contributed by atoms with E-state index in [-0.39, 0.29) is 18.6 Å². The molecule has 1 unspecified atom stereocenters. The van der Waals surface area contributed by atoms with E-state index in [1.807, 2.05) is 35.0 Å². The minimum absolute atomic E-state index is 0.0428. The Balaban J connectivity index is 1.78. The van der Waals surface area contributed by atoms with Gasteiger partial charge in [0, 0.05) is 29.8 Å². The zero-order chi connectivity index (χ0) is 14.1. The van der Waals surface area contributed by atoms with Crippen molar-refractivity contribution in [1.29, 1.82) is 0 Å². The van der Waals surface area contributed by atoms with Crippen molar-refractivity contribution in [2.45, 2.75) is 25.5 Å². The molecule has 1 aromatic heterocycles. The molecular formula is C15H17ClN2O2. The van der Waals surface area contributed by atoms with Crippen LogP contribution in [-0.4, -0.2) is 39.7 Å². The molecule has 1 amide bonds. The molecule has 5 heteroatoms. The van der Waals surface area contributed by atoms with Crippen LogP contribution in [0.3, 0.4) is 0 Å². The van der Waals surface area contributed by atoms with Crippen LogP contribution in [0.1, 0.15) is 12.8 Å². The number of rotatable bonds is 2. The van der Waals surface area contributed by atoms with Crippen LogP contribution in [-0.2, 0) is 11.3 Å². The molecule has 0 saturated carbocycles. The van der Waals surface area contributed by atoms with Gasteiger partial charge in [0.15, 0.2) is 0 Å². The molecule has 1 N–H and O–H groups in total. The lowest BCUT2D eigenvalue weighted by atomic mass is 10.1. The Bertz CT molecular complexity index is 638. The quantitative estimate of drug-likeness (QED) is 0.923. The van der Waals surface area contributed by atoms with Crippen LogP contribution in [0.25, 0.3) is 10.9 Å². The molecule has 1 aliphatic heterocycles. The molecule has 0 bridgehead atoms.